The molecular formula is C23H17ClN3O6P. The monoisotopic (exact) mass is 497 g/mol. The number of hydrogen-bond acceptors (Lipinski definition) is 6. The maximum atomic E-state index is 13.3. The lowest BCUT2D eigenvalue weighted by Gasteiger charge is -2.11. The van der Waals surface area contributed by atoms with Crippen LogP contribution in [0, 0.1) is 0 Å². The lowest BCUT2D eigenvalue weighted by atomic mass is 10.1. The number of rotatable bonds is 5. The second kappa shape index (κ2) is 8.70. The molecule has 0 aliphatic carbocycles. The van der Waals surface area contributed by atoms with Crippen LogP contribution in [-0.2, 0) is 10.7 Å². The van der Waals surface area contributed by atoms with Crippen molar-refractivity contribution in [1.82, 2.24) is 9.66 Å². The van der Waals surface area contributed by atoms with E-state index in [1.807, 2.05) is 0 Å². The van der Waals surface area contributed by atoms with Crippen LogP contribution in [0.2, 0.25) is 5.02 Å². The molecule has 0 radical (unpaired) electrons. The summed E-state index contributed by atoms with van der Waals surface area (Å²) in [6.45, 7) is 0.148. The summed E-state index contributed by atoms with van der Waals surface area (Å²) in [5.74, 6) is 1.47. The van der Waals surface area contributed by atoms with E-state index in [1.54, 1.807) is 60.7 Å². The zero-order valence-electron chi connectivity index (χ0n) is 17.5. The number of hydrogen-bond donors (Lipinski definition) is 2. The fourth-order valence-electron chi connectivity index (χ4n) is 3.56. The van der Waals surface area contributed by atoms with Gasteiger partial charge in [0.2, 0.25) is 6.79 Å². The Kier molecular flexibility index (Phi) is 5.71. The van der Waals surface area contributed by atoms with Crippen molar-refractivity contribution in [1.29, 1.82) is 0 Å². The van der Waals surface area contributed by atoms with Gasteiger partial charge in [0.05, 0.1) is 23.3 Å². The minimum atomic E-state index is -4.21. The normalized spacial score (nSPS) is 13.1. The third-order valence-electron chi connectivity index (χ3n) is 5.13. The van der Waals surface area contributed by atoms with Crippen LogP contribution in [0.1, 0.15) is 11.1 Å². The average molecular weight is 498 g/mol. The molecule has 34 heavy (non-hydrogen) atoms. The SMILES string of the molecule is O=c1c2ccc(Cl)cc2nc(-c2ccc(CP(=O)(O)O)cc2)n1N=Cc1ccc2c(c1)OCO2. The molecule has 5 rings (SSSR count). The number of nitrogens with zero attached hydrogens (tertiary/aromatic N) is 3. The van der Waals surface area contributed by atoms with Crippen molar-refractivity contribution in [3.63, 3.8) is 0 Å². The van der Waals surface area contributed by atoms with Crippen LogP contribution >= 0.6 is 19.2 Å². The summed E-state index contributed by atoms with van der Waals surface area (Å²) in [6, 6.07) is 16.5. The average Bonchev–Trinajstić information content (AvgIpc) is 3.25. The summed E-state index contributed by atoms with van der Waals surface area (Å²) < 4.78 is 23.2. The first kappa shape index (κ1) is 22.3. The van der Waals surface area contributed by atoms with Gasteiger partial charge in [0.15, 0.2) is 17.3 Å². The summed E-state index contributed by atoms with van der Waals surface area (Å²) in [6.07, 6.45) is 1.13. The second-order valence-electron chi connectivity index (χ2n) is 7.59. The van der Waals surface area contributed by atoms with E-state index in [0.717, 1.165) is 0 Å². The van der Waals surface area contributed by atoms with Crippen LogP contribution in [0.4, 0.5) is 0 Å². The van der Waals surface area contributed by atoms with E-state index in [-0.39, 0.29) is 18.8 Å². The molecule has 9 nitrogen and oxygen atoms in total. The Balaban J connectivity index is 1.62. The summed E-state index contributed by atoms with van der Waals surface area (Å²) in [5, 5.41) is 5.17. The van der Waals surface area contributed by atoms with Crippen molar-refractivity contribution >= 4 is 36.3 Å². The maximum Gasteiger partial charge on any atom is 0.329 e. The van der Waals surface area contributed by atoms with Crippen molar-refractivity contribution in [2.75, 3.05) is 6.79 Å². The highest BCUT2D eigenvalue weighted by atomic mass is 35.5. The topological polar surface area (TPSA) is 123 Å². The van der Waals surface area contributed by atoms with Gasteiger partial charge in [0.1, 0.15) is 0 Å². The number of benzene rings is 3. The summed E-state index contributed by atoms with van der Waals surface area (Å²) in [7, 11) is -4.21. The highest BCUT2D eigenvalue weighted by Gasteiger charge is 2.17. The van der Waals surface area contributed by atoms with Crippen molar-refractivity contribution in [2.24, 2.45) is 5.10 Å². The molecule has 2 heterocycles. The van der Waals surface area contributed by atoms with Crippen LogP contribution in [0.3, 0.4) is 0 Å². The predicted molar refractivity (Wildman–Crippen MR) is 128 cm³/mol. The lowest BCUT2D eigenvalue weighted by molar-refractivity contribution is 0.174. The third kappa shape index (κ3) is 4.60. The molecule has 3 aromatic carbocycles. The molecular weight excluding hydrogens is 481 g/mol. The zero-order chi connectivity index (χ0) is 23.9. The molecule has 0 unspecified atom stereocenters. The number of fused-ring (bicyclic) bond motifs is 2. The van der Waals surface area contributed by atoms with E-state index >= 15 is 0 Å². The molecule has 2 N–H and O–H groups in total. The first-order valence-electron chi connectivity index (χ1n) is 10.1. The van der Waals surface area contributed by atoms with Gasteiger partial charge in [0, 0.05) is 10.6 Å². The quantitative estimate of drug-likeness (QED) is 0.315. The van der Waals surface area contributed by atoms with Gasteiger partial charge in [-0.3, -0.25) is 9.36 Å². The first-order valence-corrected chi connectivity index (χ1v) is 12.2. The maximum absolute atomic E-state index is 13.3. The fourth-order valence-corrected chi connectivity index (χ4v) is 4.41. The molecule has 0 saturated carbocycles. The van der Waals surface area contributed by atoms with E-state index in [0.29, 0.717) is 44.1 Å². The lowest BCUT2D eigenvalue weighted by Crippen LogP contribution is -2.20. The molecule has 1 aliphatic rings. The van der Waals surface area contributed by atoms with Crippen molar-refractivity contribution < 1.29 is 23.8 Å². The Morgan fingerprint density at radius 1 is 1.06 bits per heavy atom. The Hall–Kier alpha value is -3.49. The Bertz CT molecular complexity index is 1550. The molecule has 1 aliphatic heterocycles. The Morgan fingerprint density at radius 3 is 2.59 bits per heavy atom. The standard InChI is InChI=1S/C23H17ClN3O6P/c24-17-6-7-18-19(10-17)26-22(16-4-1-14(2-5-16)12-34(29,30)31)27(23(18)28)25-11-15-3-8-20-21(9-15)33-13-32-20/h1-11H,12-13H2,(H2,29,30,31). The van der Waals surface area contributed by atoms with Gasteiger partial charge in [-0.1, -0.05) is 35.9 Å². The predicted octanol–water partition coefficient (Wildman–Crippen LogP) is 4.01. The van der Waals surface area contributed by atoms with Crippen molar-refractivity contribution in [2.45, 2.75) is 6.16 Å². The Labute approximate surface area is 198 Å². The molecule has 0 atom stereocenters. The zero-order valence-corrected chi connectivity index (χ0v) is 19.1. The van der Waals surface area contributed by atoms with Crippen LogP contribution in [0.25, 0.3) is 22.3 Å². The van der Waals surface area contributed by atoms with Gasteiger partial charge in [-0.15, -0.1) is 0 Å². The minimum Gasteiger partial charge on any atom is -0.454 e. The largest absolute Gasteiger partial charge is 0.454 e. The summed E-state index contributed by atoms with van der Waals surface area (Å²) in [4.78, 5) is 36.4. The van der Waals surface area contributed by atoms with Crippen LogP contribution < -0.4 is 15.0 Å². The smallest absolute Gasteiger partial charge is 0.329 e. The van der Waals surface area contributed by atoms with Crippen molar-refractivity contribution in [3.05, 3.63) is 87.2 Å². The van der Waals surface area contributed by atoms with E-state index in [2.05, 4.69) is 10.1 Å². The van der Waals surface area contributed by atoms with Crippen LogP contribution in [0.5, 0.6) is 11.5 Å². The molecule has 172 valence electrons. The Morgan fingerprint density at radius 2 is 1.82 bits per heavy atom. The number of aromatic nitrogens is 2. The highest BCUT2D eigenvalue weighted by Crippen LogP contribution is 2.39. The van der Waals surface area contributed by atoms with Gasteiger partial charge in [-0.2, -0.15) is 9.78 Å². The van der Waals surface area contributed by atoms with Gasteiger partial charge in [0.25, 0.3) is 5.56 Å². The molecule has 1 aromatic heterocycles. The number of ether oxygens (including phenoxy) is 2. The van der Waals surface area contributed by atoms with Gasteiger partial charge in [-0.05, 0) is 47.5 Å². The fraction of sp³-hybridized carbons (Fsp3) is 0.0870. The third-order valence-corrected chi connectivity index (χ3v) is 6.14. The van der Waals surface area contributed by atoms with Gasteiger partial charge in [-0.25, -0.2) is 4.98 Å². The highest BCUT2D eigenvalue weighted by molar-refractivity contribution is 7.50. The molecule has 0 fully saturated rings. The van der Waals surface area contributed by atoms with E-state index in [4.69, 9.17) is 21.1 Å². The summed E-state index contributed by atoms with van der Waals surface area (Å²) in [5.41, 5.74) is 1.69. The van der Waals surface area contributed by atoms with Gasteiger partial charge < -0.3 is 19.3 Å². The van der Waals surface area contributed by atoms with Crippen LogP contribution in [0.15, 0.2) is 70.6 Å². The molecule has 0 saturated heterocycles. The molecule has 0 amide bonds. The van der Waals surface area contributed by atoms with Crippen molar-refractivity contribution in [3.8, 4) is 22.9 Å². The first-order chi connectivity index (χ1) is 16.3. The van der Waals surface area contributed by atoms with E-state index in [9.17, 15) is 19.1 Å². The van der Waals surface area contributed by atoms with Gasteiger partial charge >= 0.3 is 7.60 Å². The summed E-state index contributed by atoms with van der Waals surface area (Å²) >= 11 is 6.10. The van der Waals surface area contributed by atoms with E-state index in [1.165, 1.54) is 10.9 Å². The minimum absolute atomic E-state index is 0.148. The molecule has 0 spiro atoms. The molecule has 0 bridgehead atoms. The van der Waals surface area contributed by atoms with E-state index < -0.39 is 13.2 Å². The van der Waals surface area contributed by atoms with Crippen LogP contribution in [-0.4, -0.2) is 32.5 Å². The second-order valence-corrected chi connectivity index (χ2v) is 9.67. The molecule has 4 aromatic rings. The molecule has 11 heteroatoms. The number of halogens is 1.